The maximum absolute atomic E-state index is 13.3. The second kappa shape index (κ2) is 6.49. The van der Waals surface area contributed by atoms with E-state index < -0.39 is 5.82 Å². The number of primary amides is 1. The van der Waals surface area contributed by atoms with Crippen molar-refractivity contribution in [1.82, 2.24) is 4.90 Å². The SMILES string of the molecule is N#Cc1cc(CN(CC(N)=O)C2CCCC2)ccc1F. The van der Waals surface area contributed by atoms with Crippen molar-refractivity contribution in [2.75, 3.05) is 6.54 Å². The Balaban J connectivity index is 2.14. The minimum Gasteiger partial charge on any atom is -0.369 e. The molecule has 2 N–H and O–H groups in total. The van der Waals surface area contributed by atoms with E-state index in [2.05, 4.69) is 0 Å². The second-order valence-corrected chi connectivity index (χ2v) is 5.24. The van der Waals surface area contributed by atoms with Crippen LogP contribution in [0.2, 0.25) is 0 Å². The van der Waals surface area contributed by atoms with Crippen molar-refractivity contribution in [3.63, 3.8) is 0 Å². The largest absolute Gasteiger partial charge is 0.369 e. The molecule has 2 rings (SSSR count). The van der Waals surface area contributed by atoms with Crippen molar-refractivity contribution in [1.29, 1.82) is 5.26 Å². The van der Waals surface area contributed by atoms with Gasteiger partial charge in [-0.1, -0.05) is 18.9 Å². The first-order valence-electron chi connectivity index (χ1n) is 6.81. The van der Waals surface area contributed by atoms with Crippen LogP contribution >= 0.6 is 0 Å². The maximum Gasteiger partial charge on any atom is 0.231 e. The molecular weight excluding hydrogens is 257 g/mol. The van der Waals surface area contributed by atoms with Crippen LogP contribution in [0.5, 0.6) is 0 Å². The van der Waals surface area contributed by atoms with Crippen molar-refractivity contribution in [3.8, 4) is 6.07 Å². The summed E-state index contributed by atoms with van der Waals surface area (Å²) in [5.41, 5.74) is 6.17. The molecule has 0 aliphatic heterocycles. The van der Waals surface area contributed by atoms with Crippen LogP contribution in [0, 0.1) is 17.1 Å². The standard InChI is InChI=1S/C15H18FN3O/c16-14-6-5-11(7-12(14)8-17)9-19(10-15(18)20)13-3-1-2-4-13/h5-7,13H,1-4,9-10H2,(H2,18,20). The molecule has 1 aliphatic rings. The van der Waals surface area contributed by atoms with E-state index >= 15 is 0 Å². The normalized spacial score (nSPS) is 15.4. The van der Waals surface area contributed by atoms with E-state index in [9.17, 15) is 9.18 Å². The third kappa shape index (κ3) is 3.55. The molecule has 0 saturated heterocycles. The minimum atomic E-state index is -0.515. The van der Waals surface area contributed by atoms with E-state index in [0.717, 1.165) is 31.2 Å². The summed E-state index contributed by atoms with van der Waals surface area (Å²) in [6.45, 7) is 0.715. The van der Waals surface area contributed by atoms with Gasteiger partial charge >= 0.3 is 0 Å². The molecule has 20 heavy (non-hydrogen) atoms. The number of halogens is 1. The average Bonchev–Trinajstić information content (AvgIpc) is 2.93. The summed E-state index contributed by atoms with van der Waals surface area (Å²) in [7, 11) is 0. The molecule has 106 valence electrons. The number of nitrogens with zero attached hydrogens (tertiary/aromatic N) is 2. The summed E-state index contributed by atoms with van der Waals surface area (Å²) in [5.74, 6) is -0.877. The fraction of sp³-hybridized carbons (Fsp3) is 0.467. The summed E-state index contributed by atoms with van der Waals surface area (Å²) in [6, 6.07) is 6.67. The molecule has 0 aromatic heterocycles. The Morgan fingerprint density at radius 1 is 1.45 bits per heavy atom. The van der Waals surface area contributed by atoms with Crippen molar-refractivity contribution in [3.05, 3.63) is 35.1 Å². The first-order chi connectivity index (χ1) is 9.60. The minimum absolute atomic E-state index is 0.0351. The number of hydrogen-bond acceptors (Lipinski definition) is 3. The average molecular weight is 275 g/mol. The van der Waals surface area contributed by atoms with E-state index in [1.807, 2.05) is 11.0 Å². The molecular formula is C15H18FN3O. The van der Waals surface area contributed by atoms with Gasteiger partial charge in [0.25, 0.3) is 0 Å². The second-order valence-electron chi connectivity index (χ2n) is 5.24. The van der Waals surface area contributed by atoms with Crippen LogP contribution in [0.15, 0.2) is 18.2 Å². The molecule has 0 heterocycles. The van der Waals surface area contributed by atoms with Gasteiger partial charge in [-0.05, 0) is 30.5 Å². The Hall–Kier alpha value is -1.93. The number of rotatable bonds is 5. The third-order valence-corrected chi connectivity index (χ3v) is 3.74. The fourth-order valence-corrected chi connectivity index (χ4v) is 2.77. The lowest BCUT2D eigenvalue weighted by atomic mass is 10.1. The molecule has 0 atom stereocenters. The number of nitrogens with two attached hydrogens (primary N) is 1. The third-order valence-electron chi connectivity index (χ3n) is 3.74. The zero-order chi connectivity index (χ0) is 14.5. The van der Waals surface area contributed by atoms with Gasteiger partial charge in [0.15, 0.2) is 0 Å². The number of carbonyl (C=O) groups is 1. The summed E-state index contributed by atoms with van der Waals surface area (Å²) >= 11 is 0. The summed E-state index contributed by atoms with van der Waals surface area (Å²) in [4.78, 5) is 13.2. The lowest BCUT2D eigenvalue weighted by Gasteiger charge is -2.27. The number of amides is 1. The summed E-state index contributed by atoms with van der Waals surface area (Å²) < 4.78 is 13.3. The number of carbonyl (C=O) groups excluding carboxylic acids is 1. The van der Waals surface area contributed by atoms with Crippen LogP contribution < -0.4 is 5.73 Å². The number of hydrogen-bond donors (Lipinski definition) is 1. The Morgan fingerprint density at radius 3 is 2.75 bits per heavy atom. The van der Waals surface area contributed by atoms with Crippen LogP contribution in [0.3, 0.4) is 0 Å². The lowest BCUT2D eigenvalue weighted by Crippen LogP contribution is -2.39. The van der Waals surface area contributed by atoms with Crippen LogP contribution in [-0.4, -0.2) is 23.4 Å². The quantitative estimate of drug-likeness (QED) is 0.892. The zero-order valence-electron chi connectivity index (χ0n) is 11.3. The smallest absolute Gasteiger partial charge is 0.231 e. The Morgan fingerprint density at radius 2 is 2.15 bits per heavy atom. The van der Waals surface area contributed by atoms with Crippen LogP contribution in [0.4, 0.5) is 4.39 Å². The summed E-state index contributed by atoms with van der Waals surface area (Å²) in [5, 5.41) is 8.86. The van der Waals surface area contributed by atoms with E-state index in [4.69, 9.17) is 11.0 Å². The van der Waals surface area contributed by atoms with Gasteiger partial charge < -0.3 is 5.73 Å². The number of nitriles is 1. The monoisotopic (exact) mass is 275 g/mol. The van der Waals surface area contributed by atoms with Crippen molar-refractivity contribution in [2.24, 2.45) is 5.73 Å². The van der Waals surface area contributed by atoms with Gasteiger partial charge in [-0.25, -0.2) is 4.39 Å². The predicted molar refractivity (Wildman–Crippen MR) is 73.0 cm³/mol. The molecule has 0 unspecified atom stereocenters. The Bertz CT molecular complexity index is 532. The van der Waals surface area contributed by atoms with E-state index in [0.29, 0.717) is 12.6 Å². The van der Waals surface area contributed by atoms with Gasteiger partial charge in [0, 0.05) is 12.6 Å². The van der Waals surface area contributed by atoms with E-state index in [1.165, 1.54) is 12.1 Å². The molecule has 4 nitrogen and oxygen atoms in total. The lowest BCUT2D eigenvalue weighted by molar-refractivity contribution is -0.119. The zero-order valence-corrected chi connectivity index (χ0v) is 11.3. The van der Waals surface area contributed by atoms with Gasteiger partial charge in [0.1, 0.15) is 11.9 Å². The van der Waals surface area contributed by atoms with Crippen molar-refractivity contribution < 1.29 is 9.18 Å². The van der Waals surface area contributed by atoms with Crippen LogP contribution in [-0.2, 0) is 11.3 Å². The predicted octanol–water partition coefficient (Wildman–Crippen LogP) is 1.93. The Labute approximate surface area is 118 Å². The van der Waals surface area contributed by atoms with Gasteiger partial charge in [-0.3, -0.25) is 9.69 Å². The van der Waals surface area contributed by atoms with Crippen LogP contribution in [0.1, 0.15) is 36.8 Å². The van der Waals surface area contributed by atoms with E-state index in [1.54, 1.807) is 6.07 Å². The molecule has 5 heteroatoms. The topological polar surface area (TPSA) is 70.1 Å². The van der Waals surface area contributed by atoms with Gasteiger partial charge in [0.05, 0.1) is 12.1 Å². The van der Waals surface area contributed by atoms with Gasteiger partial charge in [-0.15, -0.1) is 0 Å². The van der Waals surface area contributed by atoms with Gasteiger partial charge in [-0.2, -0.15) is 5.26 Å². The molecule has 1 fully saturated rings. The number of benzene rings is 1. The van der Waals surface area contributed by atoms with E-state index in [-0.39, 0.29) is 18.0 Å². The fourth-order valence-electron chi connectivity index (χ4n) is 2.77. The molecule has 0 radical (unpaired) electrons. The molecule has 1 aliphatic carbocycles. The molecule has 1 aromatic rings. The van der Waals surface area contributed by atoms with Crippen molar-refractivity contribution in [2.45, 2.75) is 38.3 Å². The molecule has 1 amide bonds. The van der Waals surface area contributed by atoms with Gasteiger partial charge in [0.2, 0.25) is 5.91 Å². The first-order valence-corrected chi connectivity index (χ1v) is 6.81. The molecule has 1 aromatic carbocycles. The highest BCUT2D eigenvalue weighted by atomic mass is 19.1. The Kier molecular flexibility index (Phi) is 4.70. The molecule has 0 bridgehead atoms. The summed E-state index contributed by atoms with van der Waals surface area (Å²) in [6.07, 6.45) is 4.43. The first kappa shape index (κ1) is 14.5. The van der Waals surface area contributed by atoms with Crippen molar-refractivity contribution >= 4 is 5.91 Å². The molecule has 1 saturated carbocycles. The van der Waals surface area contributed by atoms with Crippen LogP contribution in [0.25, 0.3) is 0 Å². The highest BCUT2D eigenvalue weighted by molar-refractivity contribution is 5.76. The highest BCUT2D eigenvalue weighted by Gasteiger charge is 2.24. The highest BCUT2D eigenvalue weighted by Crippen LogP contribution is 2.25. The maximum atomic E-state index is 13.3. The molecule has 0 spiro atoms.